The molecule has 192 valence electrons. The van der Waals surface area contributed by atoms with Crippen LogP contribution < -0.4 is 10.5 Å². The summed E-state index contributed by atoms with van der Waals surface area (Å²) in [5, 5.41) is 0. The van der Waals surface area contributed by atoms with E-state index >= 15 is 0 Å². The number of piperidine rings is 1. The summed E-state index contributed by atoms with van der Waals surface area (Å²) in [5.74, 6) is 1.69. The number of primary amides is 1. The van der Waals surface area contributed by atoms with E-state index in [4.69, 9.17) is 19.0 Å². The van der Waals surface area contributed by atoms with Crippen LogP contribution in [0.4, 0.5) is 0 Å². The molecule has 2 aliphatic carbocycles. The highest BCUT2D eigenvalue weighted by Crippen LogP contribution is 2.39. The molecule has 6 nitrogen and oxygen atoms in total. The van der Waals surface area contributed by atoms with Gasteiger partial charge in [-0.3, -0.25) is 9.69 Å². The molecule has 1 aromatic rings. The molecular formula is C28H46N2O4. The first kappa shape index (κ1) is 27.0. The molecule has 0 atom stereocenters. The van der Waals surface area contributed by atoms with Crippen molar-refractivity contribution in [1.82, 2.24) is 4.90 Å². The average Bonchev–Trinajstić information content (AvgIpc) is 2.82. The van der Waals surface area contributed by atoms with Gasteiger partial charge >= 0.3 is 0 Å². The van der Waals surface area contributed by atoms with Crippen LogP contribution in [0.5, 0.6) is 5.75 Å². The second-order valence-corrected chi connectivity index (χ2v) is 10.3. The van der Waals surface area contributed by atoms with E-state index in [1.807, 2.05) is 0 Å². The second kappa shape index (κ2) is 14.1. The van der Waals surface area contributed by atoms with Gasteiger partial charge in [0.2, 0.25) is 12.2 Å². The van der Waals surface area contributed by atoms with Crippen LogP contribution in [0.15, 0.2) is 18.2 Å². The summed E-state index contributed by atoms with van der Waals surface area (Å²) < 4.78 is 17.4. The molecule has 0 bridgehead atoms. The number of hydrogen-bond donors (Lipinski definition) is 1. The van der Waals surface area contributed by atoms with Gasteiger partial charge in [0.25, 0.3) is 0 Å². The predicted molar refractivity (Wildman–Crippen MR) is 136 cm³/mol. The summed E-state index contributed by atoms with van der Waals surface area (Å²) in [7, 11) is 1.79. The monoisotopic (exact) mass is 474 g/mol. The summed E-state index contributed by atoms with van der Waals surface area (Å²) in [5.41, 5.74) is 6.63. The van der Waals surface area contributed by atoms with E-state index in [2.05, 4.69) is 35.8 Å². The molecule has 1 saturated heterocycles. The number of hydrogen-bond acceptors (Lipinski definition) is 5. The molecular weight excluding hydrogens is 428 g/mol. The van der Waals surface area contributed by atoms with Gasteiger partial charge in [-0.25, -0.2) is 0 Å². The third kappa shape index (κ3) is 7.96. The number of carbonyl (C=O) groups excluding carboxylic acids is 1. The molecule has 1 aromatic carbocycles. The predicted octanol–water partition coefficient (Wildman–Crippen LogP) is 5.34. The lowest BCUT2D eigenvalue weighted by atomic mass is 9.86. The summed E-state index contributed by atoms with van der Waals surface area (Å²) >= 11 is 0. The van der Waals surface area contributed by atoms with E-state index in [0.29, 0.717) is 6.61 Å². The average molecular weight is 475 g/mol. The smallest absolute Gasteiger partial charge is 0.213 e. The zero-order chi connectivity index (χ0) is 24.2. The number of carbonyl (C=O) groups is 1. The Bertz CT molecular complexity index is 723. The van der Waals surface area contributed by atoms with Crippen LogP contribution in [0.1, 0.15) is 88.2 Å². The van der Waals surface area contributed by atoms with Crippen molar-refractivity contribution in [2.75, 3.05) is 26.8 Å². The highest BCUT2D eigenvalue weighted by atomic mass is 16.7. The SMILES string of the molecule is COCCCC1CCCCC1.Cc1ccc2c(c1)COC1(CCN(C3CCC3)CC1)O2.NC=O. The summed E-state index contributed by atoms with van der Waals surface area (Å²) in [6, 6.07) is 7.24. The number of ether oxygens (including phenoxy) is 3. The molecule has 2 N–H and O–H groups in total. The molecule has 4 aliphatic rings. The molecule has 0 radical (unpaired) electrons. The fraction of sp³-hybridized carbons (Fsp3) is 0.750. The van der Waals surface area contributed by atoms with Gasteiger partial charge in [0.1, 0.15) is 5.75 Å². The molecule has 1 spiro atoms. The highest BCUT2D eigenvalue weighted by molar-refractivity contribution is 5.42. The quantitative estimate of drug-likeness (QED) is 0.460. The zero-order valence-electron chi connectivity index (χ0n) is 21.4. The first-order valence-corrected chi connectivity index (χ1v) is 13.4. The maximum atomic E-state index is 8.58. The number of benzene rings is 1. The third-order valence-electron chi connectivity index (χ3n) is 7.84. The normalized spacial score (nSPS) is 22.2. The van der Waals surface area contributed by atoms with Crippen molar-refractivity contribution in [3.8, 4) is 5.75 Å². The van der Waals surface area contributed by atoms with Crippen molar-refractivity contribution < 1.29 is 19.0 Å². The third-order valence-corrected chi connectivity index (χ3v) is 7.84. The van der Waals surface area contributed by atoms with E-state index in [1.165, 1.54) is 75.3 Å². The molecule has 2 heterocycles. The Balaban J connectivity index is 0.000000197. The topological polar surface area (TPSA) is 74.0 Å². The number of amides is 1. The van der Waals surface area contributed by atoms with Gasteiger partial charge in [-0.1, -0.05) is 56.2 Å². The number of nitrogens with zero attached hydrogens (tertiary/aromatic N) is 1. The lowest BCUT2D eigenvalue weighted by molar-refractivity contribution is -0.231. The molecule has 6 heteroatoms. The Kier molecular flexibility index (Phi) is 11.1. The fourth-order valence-corrected chi connectivity index (χ4v) is 5.58. The number of likely N-dealkylation sites (tertiary alicyclic amines) is 1. The maximum absolute atomic E-state index is 8.58. The van der Waals surface area contributed by atoms with E-state index in [0.717, 1.165) is 50.2 Å². The van der Waals surface area contributed by atoms with Gasteiger partial charge in [0, 0.05) is 51.3 Å². The van der Waals surface area contributed by atoms with Gasteiger partial charge in [0.15, 0.2) is 0 Å². The number of methoxy groups -OCH3 is 1. The molecule has 0 aromatic heterocycles. The van der Waals surface area contributed by atoms with Crippen molar-refractivity contribution in [2.24, 2.45) is 11.7 Å². The van der Waals surface area contributed by atoms with Crippen molar-refractivity contribution in [3.05, 3.63) is 29.3 Å². The molecule has 0 unspecified atom stereocenters. The molecule has 2 aliphatic heterocycles. The van der Waals surface area contributed by atoms with Crippen molar-refractivity contribution in [2.45, 2.75) is 102 Å². The van der Waals surface area contributed by atoms with Crippen LogP contribution in [0, 0.1) is 12.8 Å². The lowest BCUT2D eigenvalue weighted by Crippen LogP contribution is -2.54. The lowest BCUT2D eigenvalue weighted by Gasteiger charge is -2.47. The summed E-state index contributed by atoms with van der Waals surface area (Å²) in [4.78, 5) is 11.2. The van der Waals surface area contributed by atoms with Gasteiger partial charge in [-0.15, -0.1) is 0 Å². The molecule has 2 saturated carbocycles. The zero-order valence-corrected chi connectivity index (χ0v) is 21.4. The number of aryl methyl sites for hydroxylation is 1. The summed E-state index contributed by atoms with van der Waals surface area (Å²) in [6.45, 7) is 6.00. The molecule has 1 amide bonds. The van der Waals surface area contributed by atoms with E-state index in [-0.39, 0.29) is 12.2 Å². The van der Waals surface area contributed by atoms with Crippen LogP contribution in [0.3, 0.4) is 0 Å². The van der Waals surface area contributed by atoms with E-state index in [9.17, 15) is 0 Å². The Morgan fingerprint density at radius 3 is 2.44 bits per heavy atom. The second-order valence-electron chi connectivity index (χ2n) is 10.3. The minimum atomic E-state index is -0.359. The molecule has 5 rings (SSSR count). The number of rotatable bonds is 5. The van der Waals surface area contributed by atoms with Crippen LogP contribution >= 0.6 is 0 Å². The van der Waals surface area contributed by atoms with Gasteiger partial charge in [-0.05, 0) is 44.6 Å². The fourth-order valence-electron chi connectivity index (χ4n) is 5.58. The first-order chi connectivity index (χ1) is 16.6. The van der Waals surface area contributed by atoms with Crippen LogP contribution in [-0.4, -0.2) is 49.9 Å². The van der Waals surface area contributed by atoms with Crippen molar-refractivity contribution in [3.63, 3.8) is 0 Å². The van der Waals surface area contributed by atoms with Gasteiger partial charge in [-0.2, -0.15) is 0 Å². The largest absolute Gasteiger partial charge is 0.462 e. The first-order valence-electron chi connectivity index (χ1n) is 13.4. The Morgan fingerprint density at radius 1 is 1.12 bits per heavy atom. The van der Waals surface area contributed by atoms with Gasteiger partial charge in [0.05, 0.1) is 6.61 Å². The van der Waals surface area contributed by atoms with Crippen molar-refractivity contribution >= 4 is 6.41 Å². The van der Waals surface area contributed by atoms with E-state index < -0.39 is 0 Å². The van der Waals surface area contributed by atoms with E-state index in [1.54, 1.807) is 7.11 Å². The minimum Gasteiger partial charge on any atom is -0.462 e. The van der Waals surface area contributed by atoms with Gasteiger partial charge < -0.3 is 19.9 Å². The van der Waals surface area contributed by atoms with Crippen LogP contribution in [0.2, 0.25) is 0 Å². The maximum Gasteiger partial charge on any atom is 0.213 e. The standard InChI is InChI=1S/C17H23NO2.C10H20O.CH3NO/c1-13-5-6-16-14(11-13)12-19-17(20-16)7-9-18(10-8-17)15-3-2-4-15;1-11-9-5-8-10-6-3-2-4-7-10;2-1-3/h5-6,11,15H,2-4,7-10,12H2,1H3;10H,2-9H2,1H3;1H,(H2,2,3). The number of fused-ring (bicyclic) bond motifs is 1. The Hall–Kier alpha value is -1.63. The minimum absolute atomic E-state index is 0.250. The van der Waals surface area contributed by atoms with Crippen LogP contribution in [-0.2, 0) is 20.9 Å². The molecule has 3 fully saturated rings. The molecule has 34 heavy (non-hydrogen) atoms. The number of nitrogens with two attached hydrogens (primary N) is 1. The van der Waals surface area contributed by atoms with Crippen LogP contribution in [0.25, 0.3) is 0 Å². The Morgan fingerprint density at radius 2 is 1.82 bits per heavy atom. The highest BCUT2D eigenvalue weighted by Gasteiger charge is 2.42. The van der Waals surface area contributed by atoms with Crippen molar-refractivity contribution in [1.29, 1.82) is 0 Å². The summed E-state index contributed by atoms with van der Waals surface area (Å²) in [6.07, 6.45) is 16.5. The Labute approximate surface area is 206 Å².